The second-order valence-corrected chi connectivity index (χ2v) is 3.89. The molecule has 0 atom stereocenters. The number of rotatable bonds is 2. The van der Waals surface area contributed by atoms with Crippen LogP contribution in [0, 0.1) is 0 Å². The molecule has 6 nitrogen and oxygen atoms in total. The molecule has 0 spiro atoms. The van der Waals surface area contributed by atoms with Gasteiger partial charge in [0.1, 0.15) is 0 Å². The largest absolute Gasteiger partial charge is 0.454 e. The lowest BCUT2D eigenvalue weighted by atomic mass is 10.2. The van der Waals surface area contributed by atoms with Gasteiger partial charge >= 0.3 is 5.69 Å². The summed E-state index contributed by atoms with van der Waals surface area (Å²) in [4.78, 5) is 26.5. The van der Waals surface area contributed by atoms with Crippen molar-refractivity contribution in [2.24, 2.45) is 0 Å². The second kappa shape index (κ2) is 3.76. The second-order valence-electron chi connectivity index (χ2n) is 3.89. The standard InChI is InChI=1S/C12H10N2O4/c1-2-3-14-11(15)7-4-9-10(18-6-17-9)5-8(7)13-12(14)16/h2,4-5H,1,3,6H2,(H,13,16). The lowest BCUT2D eigenvalue weighted by Crippen LogP contribution is -2.34. The van der Waals surface area contributed by atoms with E-state index in [2.05, 4.69) is 11.6 Å². The number of nitrogens with one attached hydrogen (secondary N) is 1. The number of hydrogen-bond donors (Lipinski definition) is 1. The summed E-state index contributed by atoms with van der Waals surface area (Å²) in [6.45, 7) is 3.81. The van der Waals surface area contributed by atoms with Crippen LogP contribution in [0.1, 0.15) is 0 Å². The van der Waals surface area contributed by atoms with Crippen LogP contribution in [0.2, 0.25) is 0 Å². The number of ether oxygens (including phenoxy) is 2. The summed E-state index contributed by atoms with van der Waals surface area (Å²) in [5.41, 5.74) is -0.396. The molecule has 0 saturated heterocycles. The average molecular weight is 246 g/mol. The monoisotopic (exact) mass is 246 g/mol. The molecule has 1 N–H and O–H groups in total. The molecule has 92 valence electrons. The average Bonchev–Trinajstić information content (AvgIpc) is 2.79. The molecule has 6 heteroatoms. The Bertz CT molecular complexity index is 757. The maximum Gasteiger partial charge on any atom is 0.329 e. The van der Waals surface area contributed by atoms with E-state index >= 15 is 0 Å². The lowest BCUT2D eigenvalue weighted by Gasteiger charge is -2.04. The fraction of sp³-hybridized carbons (Fsp3) is 0.167. The quantitative estimate of drug-likeness (QED) is 0.788. The molecule has 1 aromatic heterocycles. The first kappa shape index (κ1) is 10.6. The topological polar surface area (TPSA) is 73.3 Å². The number of hydrogen-bond acceptors (Lipinski definition) is 4. The molecule has 0 amide bonds. The number of benzene rings is 1. The number of H-pyrrole nitrogens is 1. The molecule has 1 aliphatic heterocycles. The molecular formula is C12H10N2O4. The molecule has 1 aromatic carbocycles. The zero-order valence-electron chi connectivity index (χ0n) is 9.43. The molecule has 18 heavy (non-hydrogen) atoms. The Kier molecular flexibility index (Phi) is 2.22. The fourth-order valence-corrected chi connectivity index (χ4v) is 1.94. The van der Waals surface area contributed by atoms with Crippen LogP contribution < -0.4 is 20.7 Å². The molecule has 0 unspecified atom stereocenters. The Morgan fingerprint density at radius 2 is 2.06 bits per heavy atom. The molecule has 0 fully saturated rings. The van der Waals surface area contributed by atoms with E-state index in [0.717, 1.165) is 4.57 Å². The van der Waals surface area contributed by atoms with Gasteiger partial charge in [0.15, 0.2) is 11.5 Å². The zero-order valence-corrected chi connectivity index (χ0v) is 9.43. The van der Waals surface area contributed by atoms with Crippen LogP contribution in [0.25, 0.3) is 10.9 Å². The Morgan fingerprint density at radius 3 is 2.78 bits per heavy atom. The minimum absolute atomic E-state index is 0.122. The minimum Gasteiger partial charge on any atom is -0.454 e. The Hall–Kier alpha value is -2.50. The molecule has 3 rings (SSSR count). The van der Waals surface area contributed by atoms with E-state index in [-0.39, 0.29) is 18.9 Å². The first-order valence-corrected chi connectivity index (χ1v) is 5.38. The van der Waals surface area contributed by atoms with Crippen LogP contribution in [0.3, 0.4) is 0 Å². The van der Waals surface area contributed by atoms with Crippen molar-refractivity contribution in [1.82, 2.24) is 9.55 Å². The highest BCUT2D eigenvalue weighted by Gasteiger charge is 2.17. The van der Waals surface area contributed by atoms with Gasteiger partial charge in [-0.05, 0) is 6.07 Å². The van der Waals surface area contributed by atoms with Crippen LogP contribution in [-0.2, 0) is 6.54 Å². The van der Waals surface area contributed by atoms with Gasteiger partial charge in [0, 0.05) is 12.6 Å². The highest BCUT2D eigenvalue weighted by Crippen LogP contribution is 2.33. The van der Waals surface area contributed by atoms with Gasteiger partial charge < -0.3 is 14.5 Å². The van der Waals surface area contributed by atoms with Gasteiger partial charge in [-0.3, -0.25) is 9.36 Å². The molecule has 2 aromatic rings. The molecular weight excluding hydrogens is 236 g/mol. The van der Waals surface area contributed by atoms with Gasteiger partial charge in [0.2, 0.25) is 6.79 Å². The number of aromatic amines is 1. The summed E-state index contributed by atoms with van der Waals surface area (Å²) >= 11 is 0. The smallest absolute Gasteiger partial charge is 0.329 e. The van der Waals surface area contributed by atoms with E-state index in [9.17, 15) is 9.59 Å². The predicted octanol–water partition coefficient (Wildman–Crippen LogP) is 0.604. The van der Waals surface area contributed by atoms with Gasteiger partial charge in [-0.1, -0.05) is 6.08 Å². The number of allylic oxidation sites excluding steroid dienone is 1. The van der Waals surface area contributed by atoms with Gasteiger partial charge in [-0.25, -0.2) is 4.79 Å². The van der Waals surface area contributed by atoms with E-state index in [0.29, 0.717) is 22.4 Å². The Morgan fingerprint density at radius 1 is 1.33 bits per heavy atom. The van der Waals surface area contributed by atoms with Crippen LogP contribution in [0.5, 0.6) is 11.5 Å². The van der Waals surface area contributed by atoms with Crippen molar-refractivity contribution in [2.45, 2.75) is 6.54 Å². The minimum atomic E-state index is -0.466. The Balaban J connectivity index is 2.38. The van der Waals surface area contributed by atoms with E-state index in [1.54, 1.807) is 12.1 Å². The van der Waals surface area contributed by atoms with Crippen LogP contribution >= 0.6 is 0 Å². The highest BCUT2D eigenvalue weighted by molar-refractivity contribution is 5.81. The van der Waals surface area contributed by atoms with Crippen molar-refractivity contribution < 1.29 is 9.47 Å². The van der Waals surface area contributed by atoms with Crippen molar-refractivity contribution >= 4 is 10.9 Å². The Labute approximate surface area is 101 Å². The van der Waals surface area contributed by atoms with Gasteiger partial charge in [0.05, 0.1) is 10.9 Å². The maximum absolute atomic E-state index is 12.1. The van der Waals surface area contributed by atoms with Gasteiger partial charge in [-0.15, -0.1) is 6.58 Å². The van der Waals surface area contributed by atoms with E-state index in [4.69, 9.17) is 9.47 Å². The van der Waals surface area contributed by atoms with E-state index in [1.165, 1.54) is 6.08 Å². The number of nitrogens with zero attached hydrogens (tertiary/aromatic N) is 1. The molecule has 0 saturated carbocycles. The summed E-state index contributed by atoms with van der Waals surface area (Å²) in [6, 6.07) is 3.17. The van der Waals surface area contributed by atoms with Crippen molar-refractivity contribution in [3.63, 3.8) is 0 Å². The molecule has 0 radical (unpaired) electrons. The summed E-state index contributed by atoms with van der Waals surface area (Å²) in [6.07, 6.45) is 1.50. The van der Waals surface area contributed by atoms with Crippen LogP contribution in [-0.4, -0.2) is 16.3 Å². The third-order valence-corrected chi connectivity index (χ3v) is 2.79. The molecule has 0 aliphatic carbocycles. The summed E-state index contributed by atoms with van der Waals surface area (Å²) in [5.74, 6) is 1.04. The maximum atomic E-state index is 12.1. The zero-order chi connectivity index (χ0) is 12.7. The lowest BCUT2D eigenvalue weighted by molar-refractivity contribution is 0.174. The van der Waals surface area contributed by atoms with Crippen molar-refractivity contribution in [2.75, 3.05) is 6.79 Å². The fourth-order valence-electron chi connectivity index (χ4n) is 1.94. The summed E-state index contributed by atoms with van der Waals surface area (Å²) in [7, 11) is 0. The van der Waals surface area contributed by atoms with Gasteiger partial charge in [0.25, 0.3) is 5.56 Å². The van der Waals surface area contributed by atoms with Crippen LogP contribution in [0.4, 0.5) is 0 Å². The van der Waals surface area contributed by atoms with Crippen molar-refractivity contribution in [3.8, 4) is 11.5 Å². The van der Waals surface area contributed by atoms with Crippen molar-refractivity contribution in [3.05, 3.63) is 45.6 Å². The number of fused-ring (bicyclic) bond motifs is 2. The third-order valence-electron chi connectivity index (χ3n) is 2.79. The van der Waals surface area contributed by atoms with Crippen LogP contribution in [0.15, 0.2) is 34.4 Å². The molecule has 1 aliphatic rings. The SMILES string of the molecule is C=CCn1c(=O)[nH]c2cc3c(cc2c1=O)OCO3. The van der Waals surface area contributed by atoms with Gasteiger partial charge in [-0.2, -0.15) is 0 Å². The molecule has 2 heterocycles. The first-order valence-electron chi connectivity index (χ1n) is 5.38. The molecule has 0 bridgehead atoms. The van der Waals surface area contributed by atoms with E-state index in [1.807, 2.05) is 0 Å². The summed E-state index contributed by atoms with van der Waals surface area (Å²) < 4.78 is 11.5. The normalized spacial score (nSPS) is 12.9. The predicted molar refractivity (Wildman–Crippen MR) is 65.1 cm³/mol. The number of aromatic nitrogens is 2. The van der Waals surface area contributed by atoms with E-state index < -0.39 is 5.69 Å². The third kappa shape index (κ3) is 1.42. The summed E-state index contributed by atoms with van der Waals surface area (Å²) in [5, 5.41) is 0.390. The van der Waals surface area contributed by atoms with Crippen molar-refractivity contribution in [1.29, 1.82) is 0 Å². The first-order chi connectivity index (χ1) is 8.70. The highest BCUT2D eigenvalue weighted by atomic mass is 16.7.